The molecular formula is C23H28N2O2S. The highest BCUT2D eigenvalue weighted by Gasteiger charge is 2.29. The summed E-state index contributed by atoms with van der Waals surface area (Å²) in [5.41, 5.74) is 2.77. The molecule has 2 aromatic rings. The van der Waals surface area contributed by atoms with Gasteiger partial charge in [-0.05, 0) is 50.2 Å². The van der Waals surface area contributed by atoms with Crippen LogP contribution in [0.4, 0.5) is 5.00 Å². The van der Waals surface area contributed by atoms with Gasteiger partial charge in [0, 0.05) is 23.9 Å². The van der Waals surface area contributed by atoms with E-state index in [-0.39, 0.29) is 17.7 Å². The van der Waals surface area contributed by atoms with Gasteiger partial charge in [-0.25, -0.2) is 0 Å². The van der Waals surface area contributed by atoms with Crippen LogP contribution < -0.4 is 5.32 Å². The Morgan fingerprint density at radius 2 is 1.68 bits per heavy atom. The Bertz CT molecular complexity index is 847. The molecule has 2 heterocycles. The maximum absolute atomic E-state index is 13.4. The van der Waals surface area contributed by atoms with Crippen LogP contribution in [-0.4, -0.2) is 29.8 Å². The zero-order valence-electron chi connectivity index (χ0n) is 16.5. The van der Waals surface area contributed by atoms with Crippen molar-refractivity contribution in [1.82, 2.24) is 4.90 Å². The Labute approximate surface area is 170 Å². The summed E-state index contributed by atoms with van der Waals surface area (Å²) >= 11 is 1.54. The normalized spacial score (nSPS) is 17.7. The Kier molecular flexibility index (Phi) is 5.81. The summed E-state index contributed by atoms with van der Waals surface area (Å²) in [5, 5.41) is 3.86. The molecule has 0 atom stereocenters. The molecule has 0 bridgehead atoms. The van der Waals surface area contributed by atoms with Gasteiger partial charge in [0.15, 0.2) is 0 Å². The maximum Gasteiger partial charge on any atom is 0.257 e. The highest BCUT2D eigenvalue weighted by atomic mass is 32.1. The zero-order valence-corrected chi connectivity index (χ0v) is 17.3. The monoisotopic (exact) mass is 396 g/mol. The van der Waals surface area contributed by atoms with Crippen molar-refractivity contribution in [3.63, 3.8) is 0 Å². The van der Waals surface area contributed by atoms with Crippen LogP contribution in [0.1, 0.15) is 60.9 Å². The smallest absolute Gasteiger partial charge is 0.257 e. The number of likely N-dealkylation sites (tertiary alicyclic amines) is 1. The Morgan fingerprint density at radius 1 is 1.00 bits per heavy atom. The number of amides is 2. The van der Waals surface area contributed by atoms with Gasteiger partial charge in [-0.15, -0.1) is 11.3 Å². The van der Waals surface area contributed by atoms with Crippen molar-refractivity contribution < 1.29 is 9.59 Å². The molecule has 5 heteroatoms. The number of rotatable bonds is 4. The molecule has 1 aromatic heterocycles. The lowest BCUT2D eigenvalue weighted by atomic mass is 10.0. The third-order valence-corrected chi connectivity index (χ3v) is 7.26. The number of carbonyl (C=O) groups is 2. The van der Waals surface area contributed by atoms with Crippen molar-refractivity contribution in [2.45, 2.75) is 51.9 Å². The Balaban J connectivity index is 1.69. The molecule has 1 aliphatic heterocycles. The van der Waals surface area contributed by atoms with E-state index < -0.39 is 0 Å². The lowest BCUT2D eigenvalue weighted by Crippen LogP contribution is -2.36. The fourth-order valence-corrected chi connectivity index (χ4v) is 5.59. The first-order valence-electron chi connectivity index (χ1n) is 10.4. The molecule has 1 saturated heterocycles. The molecule has 2 fully saturated rings. The first kappa shape index (κ1) is 19.2. The fourth-order valence-electron chi connectivity index (χ4n) is 4.38. The van der Waals surface area contributed by atoms with E-state index in [1.165, 1.54) is 17.8 Å². The van der Waals surface area contributed by atoms with Crippen LogP contribution in [0.5, 0.6) is 0 Å². The zero-order chi connectivity index (χ0) is 19.5. The van der Waals surface area contributed by atoms with Gasteiger partial charge in [-0.3, -0.25) is 9.59 Å². The summed E-state index contributed by atoms with van der Waals surface area (Å²) in [6.07, 6.45) is 7.46. The van der Waals surface area contributed by atoms with E-state index >= 15 is 0 Å². The minimum atomic E-state index is 0.0670. The highest BCUT2D eigenvalue weighted by Crippen LogP contribution is 2.41. The summed E-state index contributed by atoms with van der Waals surface area (Å²) in [6, 6.07) is 10.1. The number of hydrogen-bond donors (Lipinski definition) is 1. The first-order chi connectivity index (χ1) is 13.6. The van der Waals surface area contributed by atoms with Crippen LogP contribution in [0.3, 0.4) is 0 Å². The molecule has 0 radical (unpaired) electrons. The topological polar surface area (TPSA) is 49.4 Å². The van der Waals surface area contributed by atoms with Crippen LogP contribution in [0, 0.1) is 12.8 Å². The SMILES string of the molecule is Cc1c(-c2ccccc2)sc(NC(=O)C2CCCC2)c1C(=O)N1CCCCC1. The van der Waals surface area contributed by atoms with E-state index in [2.05, 4.69) is 17.4 Å². The van der Waals surface area contributed by atoms with Crippen molar-refractivity contribution in [1.29, 1.82) is 0 Å². The van der Waals surface area contributed by atoms with Gasteiger partial charge in [-0.2, -0.15) is 0 Å². The van der Waals surface area contributed by atoms with Crippen LogP contribution in [0.25, 0.3) is 10.4 Å². The van der Waals surface area contributed by atoms with Gasteiger partial charge in [0.05, 0.1) is 5.56 Å². The van der Waals surface area contributed by atoms with Gasteiger partial charge < -0.3 is 10.2 Å². The predicted octanol–water partition coefficient (Wildman–Crippen LogP) is 5.48. The fraction of sp³-hybridized carbons (Fsp3) is 0.478. The minimum absolute atomic E-state index is 0.0670. The minimum Gasteiger partial charge on any atom is -0.339 e. The lowest BCUT2D eigenvalue weighted by molar-refractivity contribution is -0.119. The van der Waals surface area contributed by atoms with E-state index in [9.17, 15) is 9.59 Å². The average Bonchev–Trinajstić information content (AvgIpc) is 3.37. The molecule has 2 amide bonds. The number of carbonyl (C=O) groups excluding carboxylic acids is 2. The maximum atomic E-state index is 13.4. The molecule has 0 unspecified atom stereocenters. The van der Waals surface area contributed by atoms with E-state index in [0.29, 0.717) is 5.56 Å². The molecule has 0 spiro atoms. The summed E-state index contributed by atoms with van der Waals surface area (Å²) in [6.45, 7) is 3.64. The van der Waals surface area contributed by atoms with Crippen molar-refractivity contribution >= 4 is 28.2 Å². The summed E-state index contributed by atoms with van der Waals surface area (Å²) in [4.78, 5) is 29.2. The number of thiophene rings is 1. The van der Waals surface area contributed by atoms with Gasteiger partial charge in [0.2, 0.25) is 5.91 Å². The van der Waals surface area contributed by atoms with Crippen LogP contribution in [0.15, 0.2) is 30.3 Å². The Hall–Kier alpha value is -2.14. The second-order valence-corrected chi connectivity index (χ2v) is 8.97. The van der Waals surface area contributed by atoms with Crippen LogP contribution in [-0.2, 0) is 4.79 Å². The van der Waals surface area contributed by atoms with E-state index in [0.717, 1.165) is 72.6 Å². The van der Waals surface area contributed by atoms with Crippen LogP contribution in [0.2, 0.25) is 0 Å². The Morgan fingerprint density at radius 3 is 2.36 bits per heavy atom. The second-order valence-electron chi connectivity index (χ2n) is 7.95. The van der Waals surface area contributed by atoms with E-state index in [1.807, 2.05) is 30.0 Å². The largest absolute Gasteiger partial charge is 0.339 e. The molecule has 1 saturated carbocycles. The van der Waals surface area contributed by atoms with Crippen molar-refractivity contribution in [3.05, 3.63) is 41.5 Å². The lowest BCUT2D eigenvalue weighted by Gasteiger charge is -2.27. The summed E-state index contributed by atoms with van der Waals surface area (Å²) in [7, 11) is 0. The van der Waals surface area contributed by atoms with Gasteiger partial charge in [0.1, 0.15) is 5.00 Å². The number of hydrogen-bond acceptors (Lipinski definition) is 3. The number of nitrogens with zero attached hydrogens (tertiary/aromatic N) is 1. The molecular weight excluding hydrogens is 368 g/mol. The van der Waals surface area contributed by atoms with Crippen molar-refractivity contribution in [2.24, 2.45) is 5.92 Å². The number of piperidine rings is 1. The van der Waals surface area contributed by atoms with Gasteiger partial charge in [0.25, 0.3) is 5.91 Å². The molecule has 4 nitrogen and oxygen atoms in total. The van der Waals surface area contributed by atoms with Crippen LogP contribution >= 0.6 is 11.3 Å². The standard InChI is InChI=1S/C23H28N2O2S/c1-16-19(23(27)25-14-8-3-9-15-25)22(24-21(26)18-12-6-7-13-18)28-20(16)17-10-4-2-5-11-17/h2,4-5,10-11,18H,3,6-9,12-15H2,1H3,(H,24,26). The second kappa shape index (κ2) is 8.48. The van der Waals surface area contributed by atoms with E-state index in [1.54, 1.807) is 0 Å². The number of anilines is 1. The summed E-state index contributed by atoms with van der Waals surface area (Å²) < 4.78 is 0. The molecule has 148 valence electrons. The third kappa shape index (κ3) is 3.86. The molecule has 28 heavy (non-hydrogen) atoms. The molecule has 1 aromatic carbocycles. The molecule has 1 aliphatic carbocycles. The average molecular weight is 397 g/mol. The first-order valence-corrected chi connectivity index (χ1v) is 11.3. The number of benzene rings is 1. The van der Waals surface area contributed by atoms with Gasteiger partial charge in [-0.1, -0.05) is 43.2 Å². The summed E-state index contributed by atoms with van der Waals surface area (Å²) in [5.74, 6) is 0.226. The van der Waals surface area contributed by atoms with Gasteiger partial charge >= 0.3 is 0 Å². The molecule has 2 aliphatic rings. The number of nitrogens with one attached hydrogen (secondary N) is 1. The molecule has 1 N–H and O–H groups in total. The van der Waals surface area contributed by atoms with E-state index in [4.69, 9.17) is 0 Å². The van der Waals surface area contributed by atoms with Crippen molar-refractivity contribution in [3.8, 4) is 10.4 Å². The highest BCUT2D eigenvalue weighted by molar-refractivity contribution is 7.20. The molecule has 4 rings (SSSR count). The van der Waals surface area contributed by atoms with Crippen molar-refractivity contribution in [2.75, 3.05) is 18.4 Å². The quantitative estimate of drug-likeness (QED) is 0.744. The predicted molar refractivity (Wildman–Crippen MR) is 115 cm³/mol. The third-order valence-electron chi connectivity index (χ3n) is 6.00.